The number of piperidine rings is 1. The van der Waals surface area contributed by atoms with Gasteiger partial charge in [0.25, 0.3) is 0 Å². The largest absolute Gasteiger partial charge is 0.380 e. The topological polar surface area (TPSA) is 70.7 Å². The van der Waals surface area contributed by atoms with Gasteiger partial charge < -0.3 is 20.3 Å². The van der Waals surface area contributed by atoms with Gasteiger partial charge in [-0.2, -0.15) is 0 Å². The monoisotopic (exact) mass is 269 g/mol. The summed E-state index contributed by atoms with van der Waals surface area (Å²) in [6.07, 6.45) is 2.54. The van der Waals surface area contributed by atoms with Gasteiger partial charge in [0.05, 0.1) is 12.1 Å². The third kappa shape index (κ3) is 3.67. The normalized spacial score (nSPS) is 28.4. The number of likely N-dealkylation sites (tertiary alicyclic amines) is 1. The van der Waals surface area contributed by atoms with E-state index in [0.717, 1.165) is 38.9 Å². The third-order valence-corrected chi connectivity index (χ3v) is 4.03. The molecule has 2 heterocycles. The molecule has 2 unspecified atom stereocenters. The maximum atomic E-state index is 12.1. The zero-order valence-electron chi connectivity index (χ0n) is 11.6. The number of carbonyl (C=O) groups is 2. The summed E-state index contributed by atoms with van der Waals surface area (Å²) in [7, 11) is 1.67. The minimum absolute atomic E-state index is 0.0563. The van der Waals surface area contributed by atoms with E-state index in [9.17, 15) is 9.59 Å². The molecule has 6 heteroatoms. The van der Waals surface area contributed by atoms with Crippen LogP contribution in [0, 0.1) is 0 Å². The molecule has 0 aromatic rings. The Kier molecular flexibility index (Phi) is 4.76. The van der Waals surface area contributed by atoms with E-state index >= 15 is 0 Å². The predicted octanol–water partition coefficient (Wildman–Crippen LogP) is -0.510. The van der Waals surface area contributed by atoms with Crippen LogP contribution >= 0.6 is 0 Å². The quantitative estimate of drug-likeness (QED) is 0.724. The lowest BCUT2D eigenvalue weighted by Gasteiger charge is -2.32. The Labute approximate surface area is 113 Å². The highest BCUT2D eigenvalue weighted by Crippen LogP contribution is 2.13. The maximum absolute atomic E-state index is 12.1. The van der Waals surface area contributed by atoms with Crippen LogP contribution in [0.2, 0.25) is 0 Å². The van der Waals surface area contributed by atoms with E-state index in [2.05, 4.69) is 10.6 Å². The molecule has 0 aliphatic carbocycles. The molecule has 6 nitrogen and oxygen atoms in total. The Balaban J connectivity index is 1.73. The molecule has 0 spiro atoms. The van der Waals surface area contributed by atoms with Crippen molar-refractivity contribution in [2.45, 2.75) is 44.4 Å². The van der Waals surface area contributed by atoms with E-state index in [1.54, 1.807) is 14.0 Å². The fourth-order valence-electron chi connectivity index (χ4n) is 2.72. The summed E-state index contributed by atoms with van der Waals surface area (Å²) in [5.74, 6) is 0.172. The second kappa shape index (κ2) is 6.34. The number of hydrogen-bond acceptors (Lipinski definition) is 4. The average Bonchev–Trinajstić information content (AvgIpc) is 2.88. The highest BCUT2D eigenvalue weighted by molar-refractivity contribution is 5.82. The molecule has 0 bridgehead atoms. The molecular formula is C13H23N3O3. The Hall–Kier alpha value is -1.14. The fraction of sp³-hybridized carbons (Fsp3) is 0.846. The van der Waals surface area contributed by atoms with Gasteiger partial charge in [0.2, 0.25) is 11.8 Å². The molecular weight excluding hydrogens is 246 g/mol. The molecule has 2 fully saturated rings. The van der Waals surface area contributed by atoms with Gasteiger partial charge in [-0.15, -0.1) is 0 Å². The summed E-state index contributed by atoms with van der Waals surface area (Å²) in [6, 6.07) is 0.0438. The first-order valence-electron chi connectivity index (χ1n) is 6.92. The lowest BCUT2D eigenvalue weighted by molar-refractivity contribution is -0.130. The van der Waals surface area contributed by atoms with Gasteiger partial charge in [0, 0.05) is 39.7 Å². The first-order chi connectivity index (χ1) is 9.10. The van der Waals surface area contributed by atoms with E-state index in [0.29, 0.717) is 0 Å². The van der Waals surface area contributed by atoms with Gasteiger partial charge >= 0.3 is 0 Å². The van der Waals surface area contributed by atoms with Crippen molar-refractivity contribution in [1.29, 1.82) is 0 Å². The highest BCUT2D eigenvalue weighted by atomic mass is 16.5. The molecule has 0 aromatic heterocycles. The average molecular weight is 269 g/mol. The van der Waals surface area contributed by atoms with Crippen LogP contribution in [0.5, 0.6) is 0 Å². The highest BCUT2D eigenvalue weighted by Gasteiger charge is 2.31. The van der Waals surface area contributed by atoms with Crippen molar-refractivity contribution in [1.82, 2.24) is 15.5 Å². The number of nitrogens with one attached hydrogen (secondary N) is 2. The van der Waals surface area contributed by atoms with Crippen molar-refractivity contribution >= 4 is 11.8 Å². The van der Waals surface area contributed by atoms with Crippen molar-refractivity contribution < 1.29 is 14.3 Å². The Morgan fingerprint density at radius 1 is 1.32 bits per heavy atom. The lowest BCUT2D eigenvalue weighted by atomic mass is 10.0. The first-order valence-corrected chi connectivity index (χ1v) is 6.92. The van der Waals surface area contributed by atoms with Crippen molar-refractivity contribution in [3.63, 3.8) is 0 Å². The maximum Gasteiger partial charge on any atom is 0.237 e. The summed E-state index contributed by atoms with van der Waals surface area (Å²) < 4.78 is 5.24. The van der Waals surface area contributed by atoms with E-state index in [4.69, 9.17) is 4.74 Å². The zero-order chi connectivity index (χ0) is 13.8. The minimum Gasteiger partial charge on any atom is -0.380 e. The molecule has 0 saturated carbocycles. The van der Waals surface area contributed by atoms with E-state index in [1.807, 2.05) is 4.90 Å². The molecule has 2 aliphatic rings. The molecule has 0 aromatic carbocycles. The van der Waals surface area contributed by atoms with Crippen LogP contribution in [0.4, 0.5) is 0 Å². The third-order valence-electron chi connectivity index (χ3n) is 4.03. The van der Waals surface area contributed by atoms with Crippen molar-refractivity contribution in [3.05, 3.63) is 0 Å². The number of carbonyl (C=O) groups excluding carboxylic acids is 2. The van der Waals surface area contributed by atoms with Crippen LogP contribution < -0.4 is 10.6 Å². The molecule has 2 rings (SSSR count). The Bertz CT molecular complexity index is 340. The SMILES string of the molecule is COC1CNC(C(=O)NC2CCN(C(C)=O)CC2)C1. The van der Waals surface area contributed by atoms with E-state index in [-0.39, 0.29) is 30.0 Å². The first kappa shape index (κ1) is 14.3. The standard InChI is InChI=1S/C13H23N3O3/c1-9(17)16-5-3-10(4-6-16)15-13(18)12-7-11(19-2)8-14-12/h10-12,14H,3-8H2,1-2H3,(H,15,18). The fourth-order valence-corrected chi connectivity index (χ4v) is 2.72. The molecule has 2 saturated heterocycles. The predicted molar refractivity (Wildman–Crippen MR) is 70.6 cm³/mol. The van der Waals surface area contributed by atoms with Crippen LogP contribution in [0.15, 0.2) is 0 Å². The smallest absolute Gasteiger partial charge is 0.237 e. The van der Waals surface area contributed by atoms with Gasteiger partial charge in [0.1, 0.15) is 0 Å². The van der Waals surface area contributed by atoms with Crippen LogP contribution in [-0.2, 0) is 14.3 Å². The van der Waals surface area contributed by atoms with Gasteiger partial charge in [-0.3, -0.25) is 9.59 Å². The van der Waals surface area contributed by atoms with Crippen LogP contribution in [0.25, 0.3) is 0 Å². The number of methoxy groups -OCH3 is 1. The van der Waals surface area contributed by atoms with Gasteiger partial charge in [-0.1, -0.05) is 0 Å². The Morgan fingerprint density at radius 3 is 2.53 bits per heavy atom. The summed E-state index contributed by atoms with van der Waals surface area (Å²) in [5, 5.41) is 6.24. The molecule has 2 aliphatic heterocycles. The molecule has 0 radical (unpaired) electrons. The lowest BCUT2D eigenvalue weighted by Crippen LogP contribution is -2.50. The molecule has 19 heavy (non-hydrogen) atoms. The number of ether oxygens (including phenoxy) is 1. The van der Waals surface area contributed by atoms with E-state index < -0.39 is 0 Å². The zero-order valence-corrected chi connectivity index (χ0v) is 11.6. The summed E-state index contributed by atoms with van der Waals surface area (Å²) in [4.78, 5) is 25.1. The van der Waals surface area contributed by atoms with E-state index in [1.165, 1.54) is 0 Å². The second-order valence-electron chi connectivity index (χ2n) is 5.34. The number of hydrogen-bond donors (Lipinski definition) is 2. The second-order valence-corrected chi connectivity index (χ2v) is 5.34. The Morgan fingerprint density at radius 2 is 2.00 bits per heavy atom. The molecule has 2 atom stereocenters. The van der Waals surface area contributed by atoms with Crippen molar-refractivity contribution in [2.75, 3.05) is 26.7 Å². The summed E-state index contributed by atoms with van der Waals surface area (Å²) in [5.41, 5.74) is 0. The number of amides is 2. The van der Waals surface area contributed by atoms with Gasteiger partial charge in [-0.05, 0) is 19.3 Å². The van der Waals surface area contributed by atoms with Crippen molar-refractivity contribution in [2.24, 2.45) is 0 Å². The summed E-state index contributed by atoms with van der Waals surface area (Å²) >= 11 is 0. The van der Waals surface area contributed by atoms with Gasteiger partial charge in [-0.25, -0.2) is 0 Å². The molecule has 2 amide bonds. The summed E-state index contributed by atoms with van der Waals surface area (Å²) in [6.45, 7) is 3.79. The molecule has 2 N–H and O–H groups in total. The molecule has 108 valence electrons. The number of nitrogens with zero attached hydrogens (tertiary/aromatic N) is 1. The van der Waals surface area contributed by atoms with Crippen LogP contribution in [-0.4, -0.2) is 61.6 Å². The van der Waals surface area contributed by atoms with Crippen LogP contribution in [0.3, 0.4) is 0 Å². The minimum atomic E-state index is -0.143. The van der Waals surface area contributed by atoms with Crippen LogP contribution in [0.1, 0.15) is 26.2 Å². The van der Waals surface area contributed by atoms with Gasteiger partial charge in [0.15, 0.2) is 0 Å². The number of rotatable bonds is 3. The van der Waals surface area contributed by atoms with Crippen molar-refractivity contribution in [3.8, 4) is 0 Å².